The number of halogens is 4. The molecule has 0 saturated heterocycles. The molecule has 0 aliphatic rings. The van der Waals surface area contributed by atoms with E-state index in [0.717, 1.165) is 0 Å². The van der Waals surface area contributed by atoms with Crippen molar-refractivity contribution < 1.29 is 27.2 Å². The number of pyridine rings is 1. The number of rotatable bonds is 5. The van der Waals surface area contributed by atoms with Crippen molar-refractivity contribution in [3.63, 3.8) is 0 Å². The normalized spacial score (nSPS) is 10.3. The maximum Gasteiger partial charge on any atom is 0.253 e. The Hall–Kier alpha value is -2.39. The van der Waals surface area contributed by atoms with Crippen LogP contribution in [-0.4, -0.2) is 29.9 Å². The molecule has 0 aliphatic carbocycles. The second kappa shape index (κ2) is 5.50. The fraction of sp³-hybridized carbons (Fsp3) is 0.222. The van der Waals surface area contributed by atoms with Crippen molar-refractivity contribution in [2.75, 3.05) is 18.0 Å². The Kier molecular flexibility index (Phi) is 4.25. The Bertz CT molecular complexity index is 495. The van der Waals surface area contributed by atoms with Crippen LogP contribution in [0.15, 0.2) is 0 Å². The Morgan fingerprint density at radius 3 is 1.63 bits per heavy atom. The van der Waals surface area contributed by atoms with Gasteiger partial charge >= 0.3 is 0 Å². The largest absolute Gasteiger partial charge is 0.368 e. The Morgan fingerprint density at radius 2 is 1.32 bits per heavy atom. The number of amides is 2. The first-order valence-corrected chi connectivity index (χ1v) is 4.75. The summed E-state index contributed by atoms with van der Waals surface area (Å²) in [6.07, 6.45) is 0. The van der Waals surface area contributed by atoms with Crippen LogP contribution < -0.4 is 16.4 Å². The van der Waals surface area contributed by atoms with Crippen LogP contribution >= 0.6 is 0 Å². The third-order valence-corrected chi connectivity index (χ3v) is 1.98. The molecule has 10 heteroatoms. The van der Waals surface area contributed by atoms with E-state index in [1.807, 2.05) is 0 Å². The molecule has 2 amide bonds. The molecule has 0 fully saturated rings. The van der Waals surface area contributed by atoms with Crippen molar-refractivity contribution in [3.05, 3.63) is 23.5 Å². The average molecular weight is 280 g/mol. The van der Waals surface area contributed by atoms with Crippen LogP contribution in [0.1, 0.15) is 0 Å². The van der Waals surface area contributed by atoms with E-state index in [-0.39, 0.29) is 0 Å². The number of aromatic nitrogens is 1. The minimum absolute atomic E-state index is 0.378. The number of primary amides is 2. The summed E-state index contributed by atoms with van der Waals surface area (Å²) >= 11 is 0. The van der Waals surface area contributed by atoms with Gasteiger partial charge in [0.2, 0.25) is 23.4 Å². The van der Waals surface area contributed by atoms with Gasteiger partial charge in [-0.05, 0) is 0 Å². The van der Waals surface area contributed by atoms with Gasteiger partial charge < -0.3 is 16.4 Å². The topological polar surface area (TPSA) is 102 Å². The predicted octanol–water partition coefficient (Wildman–Crippen LogP) is -0.585. The highest BCUT2D eigenvalue weighted by Gasteiger charge is 2.27. The van der Waals surface area contributed by atoms with E-state index in [9.17, 15) is 27.2 Å². The summed E-state index contributed by atoms with van der Waals surface area (Å²) in [7, 11) is 0. The number of nitrogens with zero attached hydrogens (tertiary/aromatic N) is 2. The number of hydrogen-bond acceptors (Lipinski definition) is 4. The number of hydrogen-bond donors (Lipinski definition) is 2. The maximum atomic E-state index is 13.4. The molecule has 0 aliphatic heterocycles. The van der Waals surface area contributed by atoms with E-state index in [0.29, 0.717) is 4.90 Å². The molecule has 6 nitrogen and oxygen atoms in total. The Balaban J connectivity index is 3.36. The molecule has 0 spiro atoms. The predicted molar refractivity (Wildman–Crippen MR) is 54.7 cm³/mol. The minimum Gasteiger partial charge on any atom is -0.368 e. The molecule has 0 atom stereocenters. The molecular formula is C9H8F4N4O2. The van der Waals surface area contributed by atoms with E-state index in [1.165, 1.54) is 0 Å². The third kappa shape index (κ3) is 3.30. The van der Waals surface area contributed by atoms with Gasteiger partial charge in [-0.2, -0.15) is 22.5 Å². The highest BCUT2D eigenvalue weighted by atomic mass is 19.2. The van der Waals surface area contributed by atoms with Crippen LogP contribution in [-0.2, 0) is 9.59 Å². The number of carbonyl (C=O) groups is 2. The summed E-state index contributed by atoms with van der Waals surface area (Å²) in [6.45, 7) is -1.72. The molecule has 1 aromatic heterocycles. The lowest BCUT2D eigenvalue weighted by Gasteiger charge is -2.22. The summed E-state index contributed by atoms with van der Waals surface area (Å²) in [4.78, 5) is 24.2. The van der Waals surface area contributed by atoms with E-state index < -0.39 is 54.1 Å². The molecule has 1 heterocycles. The van der Waals surface area contributed by atoms with E-state index in [2.05, 4.69) is 4.98 Å². The highest BCUT2D eigenvalue weighted by Crippen LogP contribution is 2.25. The van der Waals surface area contributed by atoms with Crippen LogP contribution in [0.5, 0.6) is 0 Å². The van der Waals surface area contributed by atoms with Gasteiger partial charge in [0.1, 0.15) is 5.69 Å². The smallest absolute Gasteiger partial charge is 0.253 e. The molecular weight excluding hydrogens is 272 g/mol. The summed E-state index contributed by atoms with van der Waals surface area (Å²) in [6, 6.07) is 0. The Labute approximate surface area is 104 Å². The quantitative estimate of drug-likeness (QED) is 0.556. The van der Waals surface area contributed by atoms with Crippen LogP contribution in [0.25, 0.3) is 0 Å². The Morgan fingerprint density at radius 1 is 0.947 bits per heavy atom. The molecule has 0 bridgehead atoms. The van der Waals surface area contributed by atoms with Gasteiger partial charge in [-0.1, -0.05) is 0 Å². The van der Waals surface area contributed by atoms with Gasteiger partial charge in [0, 0.05) is 0 Å². The maximum absolute atomic E-state index is 13.4. The summed E-state index contributed by atoms with van der Waals surface area (Å²) < 4.78 is 52.6. The van der Waals surface area contributed by atoms with E-state index in [1.54, 1.807) is 0 Å². The highest BCUT2D eigenvalue weighted by molar-refractivity contribution is 5.84. The number of nitrogens with two attached hydrogens (primary N) is 2. The second-order valence-electron chi connectivity index (χ2n) is 3.46. The molecule has 1 rings (SSSR count). The summed E-state index contributed by atoms with van der Waals surface area (Å²) in [5.74, 6) is -9.74. The standard InChI is InChI=1S/C9H8F4N4O2/c10-5-7(6(11)9(13)16-8(5)12)17(1-3(14)18)2-4(15)19/h1-2H2,(H2,14,18)(H2,15,19). The zero-order chi connectivity index (χ0) is 14.7. The molecule has 104 valence electrons. The molecule has 0 radical (unpaired) electrons. The minimum atomic E-state index is -1.92. The molecule has 0 unspecified atom stereocenters. The lowest BCUT2D eigenvalue weighted by atomic mass is 10.3. The van der Waals surface area contributed by atoms with E-state index in [4.69, 9.17) is 11.5 Å². The van der Waals surface area contributed by atoms with Crippen LogP contribution in [0.3, 0.4) is 0 Å². The van der Waals surface area contributed by atoms with Gasteiger partial charge in [-0.3, -0.25) is 9.59 Å². The average Bonchev–Trinajstić information content (AvgIpc) is 2.25. The van der Waals surface area contributed by atoms with Gasteiger partial charge in [0.15, 0.2) is 0 Å². The monoisotopic (exact) mass is 280 g/mol. The van der Waals surface area contributed by atoms with Gasteiger partial charge in [0.05, 0.1) is 13.1 Å². The van der Waals surface area contributed by atoms with Crippen molar-refractivity contribution in [1.82, 2.24) is 4.98 Å². The SMILES string of the molecule is NC(=O)CN(CC(N)=O)c1c(F)c(F)nc(F)c1F. The lowest BCUT2D eigenvalue weighted by molar-refractivity contribution is -0.117. The van der Waals surface area contributed by atoms with Gasteiger partial charge in [-0.25, -0.2) is 0 Å². The molecule has 0 saturated carbocycles. The fourth-order valence-electron chi connectivity index (χ4n) is 1.34. The summed E-state index contributed by atoms with van der Waals surface area (Å²) in [5, 5.41) is 0. The zero-order valence-corrected chi connectivity index (χ0v) is 9.29. The fourth-order valence-corrected chi connectivity index (χ4v) is 1.34. The van der Waals surface area contributed by atoms with Crippen LogP contribution in [0, 0.1) is 23.5 Å². The molecule has 0 aromatic carbocycles. The van der Waals surface area contributed by atoms with Crippen molar-refractivity contribution >= 4 is 17.5 Å². The first-order valence-electron chi connectivity index (χ1n) is 4.75. The first kappa shape index (κ1) is 14.7. The van der Waals surface area contributed by atoms with Gasteiger partial charge in [-0.15, -0.1) is 0 Å². The van der Waals surface area contributed by atoms with Crippen molar-refractivity contribution in [1.29, 1.82) is 0 Å². The molecule has 4 N–H and O–H groups in total. The second-order valence-corrected chi connectivity index (χ2v) is 3.46. The first-order chi connectivity index (χ1) is 8.73. The van der Waals surface area contributed by atoms with Crippen molar-refractivity contribution in [3.8, 4) is 0 Å². The van der Waals surface area contributed by atoms with Crippen LogP contribution in [0.2, 0.25) is 0 Å². The lowest BCUT2D eigenvalue weighted by Crippen LogP contribution is -2.41. The third-order valence-electron chi connectivity index (χ3n) is 1.98. The van der Waals surface area contributed by atoms with Crippen molar-refractivity contribution in [2.24, 2.45) is 11.5 Å². The number of anilines is 1. The molecule has 19 heavy (non-hydrogen) atoms. The summed E-state index contributed by atoms with van der Waals surface area (Å²) in [5.41, 5.74) is 8.33. The molecule has 1 aromatic rings. The number of carbonyl (C=O) groups excluding carboxylic acids is 2. The van der Waals surface area contributed by atoms with E-state index >= 15 is 0 Å². The zero-order valence-electron chi connectivity index (χ0n) is 9.29. The van der Waals surface area contributed by atoms with Crippen molar-refractivity contribution in [2.45, 2.75) is 0 Å². The van der Waals surface area contributed by atoms with Crippen LogP contribution in [0.4, 0.5) is 23.2 Å². The van der Waals surface area contributed by atoms with Gasteiger partial charge in [0.25, 0.3) is 11.9 Å².